The van der Waals surface area contributed by atoms with Gasteiger partial charge in [-0.05, 0) is 40.2 Å². The monoisotopic (exact) mass is 339 g/mol. The number of hydrogen-bond acceptors (Lipinski definition) is 4. The van der Waals surface area contributed by atoms with Crippen molar-refractivity contribution in [3.63, 3.8) is 0 Å². The van der Waals surface area contributed by atoms with Crippen molar-refractivity contribution in [1.82, 2.24) is 9.97 Å². The Bertz CT molecular complexity index is 713. The van der Waals surface area contributed by atoms with Crippen LogP contribution in [0.4, 0.5) is 10.8 Å². The summed E-state index contributed by atoms with van der Waals surface area (Å²) < 4.78 is 0.821. The summed E-state index contributed by atoms with van der Waals surface area (Å²) in [5.41, 5.74) is 1.74. The lowest BCUT2D eigenvalue weighted by Crippen LogP contribution is -1.92. The minimum Gasteiger partial charge on any atom is -0.330 e. The zero-order valence-corrected chi connectivity index (χ0v) is 12.2. The maximum atomic E-state index is 6.15. The van der Waals surface area contributed by atoms with Crippen LogP contribution in [0.25, 0.3) is 10.9 Å². The van der Waals surface area contributed by atoms with Crippen molar-refractivity contribution in [1.29, 1.82) is 0 Å². The number of benzene rings is 1. The van der Waals surface area contributed by atoms with Gasteiger partial charge in [-0.1, -0.05) is 11.6 Å². The largest absolute Gasteiger partial charge is 0.330 e. The summed E-state index contributed by atoms with van der Waals surface area (Å²) in [4.78, 5) is 8.66. The first-order valence-electron chi connectivity index (χ1n) is 5.15. The molecule has 0 saturated heterocycles. The molecule has 1 aromatic carbocycles. The lowest BCUT2D eigenvalue weighted by molar-refractivity contribution is 1.34. The van der Waals surface area contributed by atoms with Crippen LogP contribution in [0.5, 0.6) is 0 Å². The fourth-order valence-electron chi connectivity index (χ4n) is 1.67. The van der Waals surface area contributed by atoms with Crippen molar-refractivity contribution in [2.24, 2.45) is 0 Å². The number of thiazole rings is 1. The Balaban J connectivity index is 2.09. The first-order chi connectivity index (χ1) is 8.74. The normalized spacial score (nSPS) is 10.8. The van der Waals surface area contributed by atoms with Gasteiger partial charge in [0.1, 0.15) is 4.60 Å². The molecule has 90 valence electrons. The highest BCUT2D eigenvalue weighted by Gasteiger charge is 2.07. The standard InChI is InChI=1S/C12H7BrClN3S/c13-10-6-18-12(17-10)16-9-4-3-8(14)7-2-1-5-15-11(7)9/h1-6H,(H,16,17). The van der Waals surface area contributed by atoms with Gasteiger partial charge in [0, 0.05) is 17.0 Å². The van der Waals surface area contributed by atoms with Gasteiger partial charge in [0.15, 0.2) is 5.13 Å². The maximum Gasteiger partial charge on any atom is 0.188 e. The number of anilines is 2. The number of nitrogens with zero attached hydrogens (tertiary/aromatic N) is 2. The Kier molecular flexibility index (Phi) is 3.20. The molecule has 0 radical (unpaired) electrons. The molecule has 0 unspecified atom stereocenters. The first-order valence-corrected chi connectivity index (χ1v) is 7.20. The molecular formula is C12H7BrClN3S. The van der Waals surface area contributed by atoms with E-state index >= 15 is 0 Å². The molecule has 0 fully saturated rings. The second kappa shape index (κ2) is 4.84. The van der Waals surface area contributed by atoms with Crippen molar-refractivity contribution in [2.45, 2.75) is 0 Å². The van der Waals surface area contributed by atoms with Crippen molar-refractivity contribution < 1.29 is 0 Å². The topological polar surface area (TPSA) is 37.8 Å². The van der Waals surface area contributed by atoms with Crippen LogP contribution in [0.2, 0.25) is 5.02 Å². The van der Waals surface area contributed by atoms with E-state index in [0.29, 0.717) is 5.02 Å². The summed E-state index contributed by atoms with van der Waals surface area (Å²) in [5.74, 6) is 0. The molecule has 0 amide bonds. The number of nitrogens with one attached hydrogen (secondary N) is 1. The average molecular weight is 341 g/mol. The van der Waals surface area contributed by atoms with Gasteiger partial charge in [0.2, 0.25) is 0 Å². The highest BCUT2D eigenvalue weighted by Crippen LogP contribution is 2.31. The molecule has 2 aromatic heterocycles. The Morgan fingerprint density at radius 3 is 2.94 bits per heavy atom. The van der Waals surface area contributed by atoms with Gasteiger partial charge < -0.3 is 5.32 Å². The molecule has 0 saturated carbocycles. The Morgan fingerprint density at radius 2 is 2.17 bits per heavy atom. The summed E-state index contributed by atoms with van der Waals surface area (Å²) in [6.45, 7) is 0. The van der Waals surface area contributed by atoms with Crippen molar-refractivity contribution in [2.75, 3.05) is 5.32 Å². The Morgan fingerprint density at radius 1 is 1.28 bits per heavy atom. The summed E-state index contributed by atoms with van der Waals surface area (Å²) in [6.07, 6.45) is 1.75. The zero-order valence-electron chi connectivity index (χ0n) is 9.02. The lowest BCUT2D eigenvalue weighted by Gasteiger charge is -2.07. The zero-order chi connectivity index (χ0) is 12.5. The summed E-state index contributed by atoms with van der Waals surface area (Å²) in [6, 6.07) is 7.59. The van der Waals surface area contributed by atoms with E-state index < -0.39 is 0 Å². The fourth-order valence-corrected chi connectivity index (χ4v) is 3.04. The van der Waals surface area contributed by atoms with E-state index in [1.807, 2.05) is 29.6 Å². The van der Waals surface area contributed by atoms with Crippen LogP contribution in [0.3, 0.4) is 0 Å². The second-order valence-corrected chi connectivity index (χ2v) is 5.67. The summed E-state index contributed by atoms with van der Waals surface area (Å²) >= 11 is 11.0. The molecule has 18 heavy (non-hydrogen) atoms. The first kappa shape index (κ1) is 11.9. The number of fused-ring (bicyclic) bond motifs is 1. The van der Waals surface area contributed by atoms with E-state index in [1.165, 1.54) is 11.3 Å². The molecule has 0 aliphatic carbocycles. The average Bonchev–Trinajstić information content (AvgIpc) is 2.79. The van der Waals surface area contributed by atoms with Gasteiger partial charge in [-0.25, -0.2) is 4.98 Å². The van der Waals surface area contributed by atoms with Crippen LogP contribution >= 0.6 is 38.9 Å². The molecule has 1 N–H and O–H groups in total. The van der Waals surface area contributed by atoms with E-state index in [4.69, 9.17) is 11.6 Å². The number of aromatic nitrogens is 2. The van der Waals surface area contributed by atoms with Gasteiger partial charge in [0.25, 0.3) is 0 Å². The van der Waals surface area contributed by atoms with Gasteiger partial charge >= 0.3 is 0 Å². The minimum absolute atomic E-state index is 0.698. The predicted octanol–water partition coefficient (Wildman–Crippen LogP) is 4.85. The molecule has 2 heterocycles. The fraction of sp³-hybridized carbons (Fsp3) is 0. The molecule has 6 heteroatoms. The molecular weight excluding hydrogens is 334 g/mol. The Labute approximate surface area is 121 Å². The summed E-state index contributed by atoms with van der Waals surface area (Å²) in [5, 5.41) is 7.62. The van der Waals surface area contributed by atoms with Crippen LogP contribution in [-0.4, -0.2) is 9.97 Å². The van der Waals surface area contributed by atoms with Crippen LogP contribution < -0.4 is 5.32 Å². The molecule has 3 aromatic rings. The SMILES string of the molecule is Clc1ccc(Nc2nc(Br)cs2)c2ncccc12. The van der Waals surface area contributed by atoms with E-state index in [0.717, 1.165) is 26.3 Å². The van der Waals surface area contributed by atoms with Gasteiger partial charge in [-0.15, -0.1) is 11.3 Å². The predicted molar refractivity (Wildman–Crippen MR) is 79.8 cm³/mol. The molecule has 3 rings (SSSR count). The number of rotatable bonds is 2. The van der Waals surface area contributed by atoms with Gasteiger partial charge in [0.05, 0.1) is 16.2 Å². The third kappa shape index (κ3) is 2.21. The van der Waals surface area contributed by atoms with E-state index in [-0.39, 0.29) is 0 Å². The molecule has 0 atom stereocenters. The van der Waals surface area contributed by atoms with E-state index in [1.54, 1.807) is 6.20 Å². The summed E-state index contributed by atoms with van der Waals surface area (Å²) in [7, 11) is 0. The number of hydrogen-bond donors (Lipinski definition) is 1. The molecule has 0 aliphatic heterocycles. The molecule has 0 aliphatic rings. The highest BCUT2D eigenvalue weighted by atomic mass is 79.9. The number of pyridine rings is 1. The smallest absolute Gasteiger partial charge is 0.188 e. The van der Waals surface area contributed by atoms with Crippen LogP contribution in [0.15, 0.2) is 40.4 Å². The second-order valence-electron chi connectivity index (χ2n) is 3.59. The van der Waals surface area contributed by atoms with Crippen molar-refractivity contribution in [3.05, 3.63) is 45.5 Å². The van der Waals surface area contributed by atoms with Gasteiger partial charge in [-0.3, -0.25) is 4.98 Å². The van der Waals surface area contributed by atoms with Crippen LogP contribution in [-0.2, 0) is 0 Å². The Hall–Kier alpha value is -1.17. The van der Waals surface area contributed by atoms with Crippen molar-refractivity contribution >= 4 is 60.6 Å². The lowest BCUT2D eigenvalue weighted by atomic mass is 10.2. The number of halogens is 2. The van der Waals surface area contributed by atoms with E-state index in [9.17, 15) is 0 Å². The third-order valence-electron chi connectivity index (χ3n) is 2.43. The maximum absolute atomic E-state index is 6.15. The third-order valence-corrected chi connectivity index (χ3v) is 4.23. The molecule has 3 nitrogen and oxygen atoms in total. The highest BCUT2D eigenvalue weighted by molar-refractivity contribution is 9.10. The van der Waals surface area contributed by atoms with Crippen LogP contribution in [0, 0.1) is 0 Å². The van der Waals surface area contributed by atoms with Crippen molar-refractivity contribution in [3.8, 4) is 0 Å². The molecule has 0 spiro atoms. The van der Waals surface area contributed by atoms with Crippen LogP contribution in [0.1, 0.15) is 0 Å². The minimum atomic E-state index is 0.698. The van der Waals surface area contributed by atoms with E-state index in [2.05, 4.69) is 31.2 Å². The van der Waals surface area contributed by atoms with Gasteiger partial charge in [-0.2, -0.15) is 0 Å². The molecule has 0 bridgehead atoms. The quantitative estimate of drug-likeness (QED) is 0.724.